The number of rotatable bonds is 4. The second-order valence-corrected chi connectivity index (χ2v) is 7.41. The first-order valence-electron chi connectivity index (χ1n) is 9.04. The van der Waals surface area contributed by atoms with Gasteiger partial charge in [0.25, 0.3) is 5.91 Å². The highest BCUT2D eigenvalue weighted by Gasteiger charge is 2.35. The third-order valence-electron chi connectivity index (χ3n) is 5.07. The minimum atomic E-state index is -4.65. The summed E-state index contributed by atoms with van der Waals surface area (Å²) < 4.78 is 51.7. The fourth-order valence-corrected chi connectivity index (χ4v) is 3.62. The summed E-state index contributed by atoms with van der Waals surface area (Å²) in [7, 11) is 0. The van der Waals surface area contributed by atoms with Crippen molar-refractivity contribution in [2.24, 2.45) is 11.7 Å². The summed E-state index contributed by atoms with van der Waals surface area (Å²) in [5, 5.41) is 0.0499. The van der Waals surface area contributed by atoms with Gasteiger partial charge in [-0.3, -0.25) is 4.79 Å². The molecule has 1 saturated heterocycles. The van der Waals surface area contributed by atoms with Crippen molar-refractivity contribution in [2.45, 2.75) is 31.5 Å². The summed E-state index contributed by atoms with van der Waals surface area (Å²) >= 11 is 5.80. The Kier molecular flexibility index (Phi) is 6.38. The average molecular weight is 431 g/mol. The van der Waals surface area contributed by atoms with Gasteiger partial charge in [-0.05, 0) is 36.8 Å². The predicted octanol–water partition coefficient (Wildman–Crippen LogP) is 3.71. The molecule has 156 valence electrons. The molecule has 2 N–H and O–H groups in total. The lowest BCUT2D eigenvalue weighted by molar-refractivity contribution is -0.145. The molecule has 1 unspecified atom stereocenters. The summed E-state index contributed by atoms with van der Waals surface area (Å²) in [6, 6.07) is 4.49. The summed E-state index contributed by atoms with van der Waals surface area (Å²) in [6.45, 7) is 0.798. The molecule has 1 aromatic heterocycles. The van der Waals surface area contributed by atoms with Crippen molar-refractivity contribution >= 4 is 17.5 Å². The molecular weight excluding hydrogens is 412 g/mol. The van der Waals surface area contributed by atoms with Gasteiger partial charge in [0.15, 0.2) is 0 Å². The standard InChI is InChI=1S/C19H19ClF4N4O/c20-14-3-1-2-12(16(14)21)8-15(25)11-4-6-28(7-5-11)17(29)13-9-26-18(27-10-13)19(22,23)24/h1-3,9-11,15H,4-8,25H2. The van der Waals surface area contributed by atoms with Crippen LogP contribution in [0, 0.1) is 11.7 Å². The van der Waals surface area contributed by atoms with Crippen LogP contribution >= 0.6 is 11.6 Å². The molecular formula is C19H19ClF4N4O. The molecule has 2 aromatic rings. The van der Waals surface area contributed by atoms with E-state index in [1.807, 2.05) is 0 Å². The van der Waals surface area contributed by atoms with Gasteiger partial charge in [-0.2, -0.15) is 13.2 Å². The van der Waals surface area contributed by atoms with Crippen LogP contribution in [0.4, 0.5) is 17.6 Å². The van der Waals surface area contributed by atoms with Crippen LogP contribution in [0.25, 0.3) is 0 Å². The normalized spacial score (nSPS) is 16.7. The van der Waals surface area contributed by atoms with Crippen molar-refractivity contribution in [3.05, 3.63) is 58.4 Å². The molecule has 1 atom stereocenters. The summed E-state index contributed by atoms with van der Waals surface area (Å²) in [4.78, 5) is 20.5. The summed E-state index contributed by atoms with van der Waals surface area (Å²) in [5.41, 5.74) is 6.70. The molecule has 3 rings (SSSR count). The van der Waals surface area contributed by atoms with Crippen molar-refractivity contribution in [2.75, 3.05) is 13.1 Å². The molecule has 1 fully saturated rings. The van der Waals surface area contributed by atoms with Crippen molar-refractivity contribution in [1.82, 2.24) is 14.9 Å². The van der Waals surface area contributed by atoms with Crippen molar-refractivity contribution in [3.8, 4) is 0 Å². The van der Waals surface area contributed by atoms with Gasteiger partial charge < -0.3 is 10.6 Å². The zero-order valence-corrected chi connectivity index (χ0v) is 16.0. The predicted molar refractivity (Wildman–Crippen MR) is 98.8 cm³/mol. The Labute approximate surface area is 169 Å². The molecule has 1 aromatic carbocycles. The minimum Gasteiger partial charge on any atom is -0.339 e. The van der Waals surface area contributed by atoms with E-state index in [0.717, 1.165) is 12.4 Å². The van der Waals surface area contributed by atoms with Crippen molar-refractivity contribution in [1.29, 1.82) is 0 Å². The van der Waals surface area contributed by atoms with E-state index in [2.05, 4.69) is 9.97 Å². The van der Waals surface area contributed by atoms with E-state index < -0.39 is 23.7 Å². The van der Waals surface area contributed by atoms with Crippen LogP contribution in [-0.4, -0.2) is 39.9 Å². The van der Waals surface area contributed by atoms with Gasteiger partial charge in [0, 0.05) is 31.5 Å². The Balaban J connectivity index is 1.57. The van der Waals surface area contributed by atoms with Crippen LogP contribution in [-0.2, 0) is 12.6 Å². The Hall–Kier alpha value is -2.26. The average Bonchev–Trinajstić information content (AvgIpc) is 2.70. The molecule has 5 nitrogen and oxygen atoms in total. The maximum Gasteiger partial charge on any atom is 0.451 e. The van der Waals surface area contributed by atoms with Gasteiger partial charge in [0.1, 0.15) is 5.82 Å². The number of amides is 1. The topological polar surface area (TPSA) is 72.1 Å². The Morgan fingerprint density at radius 2 is 1.86 bits per heavy atom. The largest absolute Gasteiger partial charge is 0.451 e. The molecule has 29 heavy (non-hydrogen) atoms. The molecule has 1 amide bonds. The zero-order valence-electron chi connectivity index (χ0n) is 15.3. The highest BCUT2D eigenvalue weighted by Crippen LogP contribution is 2.27. The summed E-state index contributed by atoms with van der Waals surface area (Å²) in [6.07, 6.45) is -1.33. The number of piperidine rings is 1. The van der Waals surface area contributed by atoms with Crippen LogP contribution in [0.3, 0.4) is 0 Å². The number of hydrogen-bond donors (Lipinski definition) is 1. The van der Waals surface area contributed by atoms with Crippen LogP contribution in [0.5, 0.6) is 0 Å². The first-order chi connectivity index (χ1) is 13.7. The third kappa shape index (κ3) is 5.02. The first kappa shape index (κ1) is 21.4. The van der Waals surface area contributed by atoms with E-state index in [4.69, 9.17) is 17.3 Å². The molecule has 0 bridgehead atoms. The van der Waals surface area contributed by atoms with Gasteiger partial charge in [0.2, 0.25) is 5.82 Å². The monoisotopic (exact) mass is 430 g/mol. The molecule has 1 aliphatic rings. The number of aromatic nitrogens is 2. The molecule has 2 heterocycles. The SMILES string of the molecule is NC(Cc1cccc(Cl)c1F)C1CCN(C(=O)c2cnc(C(F)(F)F)nc2)CC1. The molecule has 0 aliphatic carbocycles. The van der Waals surface area contributed by atoms with Crippen LogP contribution < -0.4 is 5.73 Å². The smallest absolute Gasteiger partial charge is 0.339 e. The van der Waals surface area contributed by atoms with Gasteiger partial charge in [-0.25, -0.2) is 14.4 Å². The third-order valence-corrected chi connectivity index (χ3v) is 5.36. The van der Waals surface area contributed by atoms with E-state index in [1.165, 1.54) is 11.0 Å². The number of benzene rings is 1. The Morgan fingerprint density at radius 1 is 1.24 bits per heavy atom. The van der Waals surface area contributed by atoms with Gasteiger partial charge >= 0.3 is 6.18 Å². The maximum atomic E-state index is 14.1. The number of nitrogens with two attached hydrogens (primary N) is 1. The number of likely N-dealkylation sites (tertiary alicyclic amines) is 1. The van der Waals surface area contributed by atoms with Crippen LogP contribution in [0.2, 0.25) is 5.02 Å². The number of alkyl halides is 3. The van der Waals surface area contributed by atoms with E-state index in [1.54, 1.807) is 12.1 Å². The second kappa shape index (κ2) is 8.62. The zero-order chi connectivity index (χ0) is 21.2. The molecule has 0 spiro atoms. The fourth-order valence-electron chi connectivity index (χ4n) is 3.42. The van der Waals surface area contributed by atoms with E-state index >= 15 is 0 Å². The summed E-state index contributed by atoms with van der Waals surface area (Å²) in [5.74, 6) is -2.10. The fraction of sp³-hybridized carbons (Fsp3) is 0.421. The van der Waals surface area contributed by atoms with Crippen LogP contribution in [0.1, 0.15) is 34.6 Å². The highest BCUT2D eigenvalue weighted by atomic mass is 35.5. The lowest BCUT2D eigenvalue weighted by atomic mass is 9.86. The lowest BCUT2D eigenvalue weighted by Gasteiger charge is -2.35. The van der Waals surface area contributed by atoms with Gasteiger partial charge in [0.05, 0.1) is 10.6 Å². The van der Waals surface area contributed by atoms with Crippen molar-refractivity contribution in [3.63, 3.8) is 0 Å². The maximum absolute atomic E-state index is 14.1. The molecule has 0 radical (unpaired) electrons. The number of hydrogen-bond acceptors (Lipinski definition) is 4. The number of carbonyl (C=O) groups is 1. The minimum absolute atomic E-state index is 0.00162. The van der Waals surface area contributed by atoms with Crippen LogP contribution in [0.15, 0.2) is 30.6 Å². The van der Waals surface area contributed by atoms with E-state index in [0.29, 0.717) is 37.9 Å². The second-order valence-electron chi connectivity index (χ2n) is 7.00. The molecule has 1 aliphatic heterocycles. The quantitative estimate of drug-likeness (QED) is 0.750. The highest BCUT2D eigenvalue weighted by molar-refractivity contribution is 6.30. The number of carbonyl (C=O) groups excluding carboxylic acids is 1. The first-order valence-corrected chi connectivity index (χ1v) is 9.41. The number of nitrogens with zero attached hydrogens (tertiary/aromatic N) is 3. The lowest BCUT2D eigenvalue weighted by Crippen LogP contribution is -2.44. The van der Waals surface area contributed by atoms with E-state index in [9.17, 15) is 22.4 Å². The molecule has 10 heteroatoms. The Morgan fingerprint density at radius 3 is 2.45 bits per heavy atom. The Bertz CT molecular complexity index is 868. The molecule has 0 saturated carbocycles. The van der Waals surface area contributed by atoms with E-state index in [-0.39, 0.29) is 22.5 Å². The number of halogens is 5. The van der Waals surface area contributed by atoms with Crippen molar-refractivity contribution < 1.29 is 22.4 Å². The van der Waals surface area contributed by atoms with Gasteiger partial charge in [-0.15, -0.1) is 0 Å². The van der Waals surface area contributed by atoms with Gasteiger partial charge in [-0.1, -0.05) is 23.7 Å².